The molecule has 2 amide bonds. The fraction of sp³-hybridized carbons (Fsp3) is 0.625. The SMILES string of the molecule is CN1CCC(CN2CCN(c3cccc4c3n(C)c(=O)n4C3CCC(=O)NC3=O)CC2)CC1. The number of imide groups is 1. The summed E-state index contributed by atoms with van der Waals surface area (Å²) in [6.45, 7) is 7.45. The van der Waals surface area contributed by atoms with E-state index in [2.05, 4.69) is 33.1 Å². The Balaban J connectivity index is 1.35. The first kappa shape index (κ1) is 22.2. The Bertz CT molecular complexity index is 1110. The predicted molar refractivity (Wildman–Crippen MR) is 127 cm³/mol. The number of nitrogens with one attached hydrogen (secondary N) is 1. The highest BCUT2D eigenvalue weighted by Crippen LogP contribution is 2.30. The third-order valence-electron chi connectivity index (χ3n) is 7.67. The van der Waals surface area contributed by atoms with E-state index in [-0.39, 0.29) is 18.0 Å². The zero-order valence-corrected chi connectivity index (χ0v) is 19.6. The summed E-state index contributed by atoms with van der Waals surface area (Å²) in [5.74, 6) is 0.122. The van der Waals surface area contributed by atoms with Gasteiger partial charge >= 0.3 is 5.69 Å². The van der Waals surface area contributed by atoms with Gasteiger partial charge in [0.15, 0.2) is 0 Å². The van der Waals surface area contributed by atoms with Crippen LogP contribution in [-0.2, 0) is 16.6 Å². The Morgan fingerprint density at radius 1 is 0.939 bits per heavy atom. The summed E-state index contributed by atoms with van der Waals surface area (Å²) in [5.41, 5.74) is 2.43. The van der Waals surface area contributed by atoms with Crippen molar-refractivity contribution in [3.8, 4) is 0 Å². The number of aryl methyl sites for hydroxylation is 1. The number of hydrogen-bond acceptors (Lipinski definition) is 6. The van der Waals surface area contributed by atoms with Gasteiger partial charge in [-0.25, -0.2) is 4.79 Å². The molecule has 1 unspecified atom stereocenters. The van der Waals surface area contributed by atoms with Crippen molar-refractivity contribution in [3.05, 3.63) is 28.7 Å². The number of fused-ring (bicyclic) bond motifs is 1. The number of hydrogen-bond donors (Lipinski definition) is 1. The Morgan fingerprint density at radius 3 is 2.36 bits per heavy atom. The number of benzene rings is 1. The number of carbonyl (C=O) groups is 2. The minimum absolute atomic E-state index is 0.215. The van der Waals surface area contributed by atoms with Crippen LogP contribution in [0.3, 0.4) is 0 Å². The number of aromatic nitrogens is 2. The van der Waals surface area contributed by atoms with E-state index in [9.17, 15) is 14.4 Å². The van der Waals surface area contributed by atoms with Gasteiger partial charge in [-0.3, -0.25) is 28.9 Å². The van der Waals surface area contributed by atoms with Crippen molar-refractivity contribution in [3.63, 3.8) is 0 Å². The molecule has 0 bridgehead atoms. The monoisotopic (exact) mass is 454 g/mol. The van der Waals surface area contributed by atoms with Crippen molar-refractivity contribution in [2.75, 3.05) is 57.8 Å². The molecule has 0 saturated carbocycles. The zero-order chi connectivity index (χ0) is 23.1. The number of amides is 2. The number of piperazine rings is 1. The molecular formula is C24H34N6O3. The van der Waals surface area contributed by atoms with Crippen LogP contribution in [0.2, 0.25) is 0 Å². The van der Waals surface area contributed by atoms with Crippen LogP contribution in [-0.4, -0.2) is 83.6 Å². The van der Waals surface area contributed by atoms with E-state index >= 15 is 0 Å². The lowest BCUT2D eigenvalue weighted by Gasteiger charge is -2.39. The molecule has 3 saturated heterocycles. The van der Waals surface area contributed by atoms with Crippen molar-refractivity contribution in [1.29, 1.82) is 0 Å². The van der Waals surface area contributed by atoms with Gasteiger partial charge in [0.2, 0.25) is 11.8 Å². The van der Waals surface area contributed by atoms with E-state index < -0.39 is 11.9 Å². The first-order valence-electron chi connectivity index (χ1n) is 12.1. The average Bonchev–Trinajstić information content (AvgIpc) is 3.06. The summed E-state index contributed by atoms with van der Waals surface area (Å²) >= 11 is 0. The van der Waals surface area contributed by atoms with Gasteiger partial charge in [-0.05, 0) is 57.5 Å². The lowest BCUT2D eigenvalue weighted by atomic mass is 9.96. The molecule has 9 heteroatoms. The molecule has 0 aliphatic carbocycles. The van der Waals surface area contributed by atoms with E-state index in [0.29, 0.717) is 6.42 Å². The number of likely N-dealkylation sites (tertiary alicyclic amines) is 1. The number of piperidine rings is 2. The number of para-hydroxylation sites is 1. The van der Waals surface area contributed by atoms with Crippen LogP contribution in [0.5, 0.6) is 0 Å². The maximum absolute atomic E-state index is 13.2. The molecular weight excluding hydrogens is 420 g/mol. The molecule has 3 fully saturated rings. The number of carbonyl (C=O) groups excluding carboxylic acids is 2. The van der Waals surface area contributed by atoms with Crippen LogP contribution in [0.4, 0.5) is 5.69 Å². The average molecular weight is 455 g/mol. The molecule has 33 heavy (non-hydrogen) atoms. The largest absolute Gasteiger partial charge is 0.367 e. The van der Waals surface area contributed by atoms with Crippen molar-refractivity contribution in [2.45, 2.75) is 31.7 Å². The summed E-state index contributed by atoms with van der Waals surface area (Å²) in [4.78, 5) is 44.6. The van der Waals surface area contributed by atoms with E-state index in [4.69, 9.17) is 0 Å². The summed E-state index contributed by atoms with van der Waals surface area (Å²) in [6, 6.07) is 5.29. The quantitative estimate of drug-likeness (QED) is 0.688. The Morgan fingerprint density at radius 2 is 1.67 bits per heavy atom. The standard InChI is InChI=1S/C24H34N6O3/c1-26-10-8-17(9-11-26)16-28-12-14-29(15-13-28)18-4-3-5-19-22(18)27(2)24(33)30(19)20-6-7-21(31)25-23(20)32/h3-5,17,20H,6-16H2,1-2H3,(H,25,31,32). The first-order chi connectivity index (χ1) is 15.9. The number of anilines is 1. The molecule has 2 aromatic rings. The van der Waals surface area contributed by atoms with E-state index in [1.165, 1.54) is 32.5 Å². The summed E-state index contributed by atoms with van der Waals surface area (Å²) in [7, 11) is 3.98. The molecule has 0 spiro atoms. The molecule has 0 radical (unpaired) electrons. The number of rotatable bonds is 4. The van der Waals surface area contributed by atoms with Crippen LogP contribution >= 0.6 is 0 Å². The first-order valence-corrected chi connectivity index (χ1v) is 12.1. The van der Waals surface area contributed by atoms with Gasteiger partial charge in [0.05, 0.1) is 16.7 Å². The minimum Gasteiger partial charge on any atom is -0.367 e. The predicted octanol–water partition coefficient (Wildman–Crippen LogP) is 0.782. The molecule has 5 rings (SSSR count). The number of nitrogens with zero attached hydrogens (tertiary/aromatic N) is 5. The molecule has 4 heterocycles. The molecule has 1 aromatic carbocycles. The van der Waals surface area contributed by atoms with Crippen LogP contribution in [0.1, 0.15) is 31.7 Å². The maximum atomic E-state index is 13.2. The van der Waals surface area contributed by atoms with Crippen LogP contribution in [0, 0.1) is 5.92 Å². The fourth-order valence-electron chi connectivity index (χ4n) is 5.68. The lowest BCUT2D eigenvalue weighted by molar-refractivity contribution is -0.135. The van der Waals surface area contributed by atoms with E-state index in [1.807, 2.05) is 12.1 Å². The third-order valence-corrected chi connectivity index (χ3v) is 7.67. The van der Waals surface area contributed by atoms with Crippen molar-refractivity contribution in [2.24, 2.45) is 13.0 Å². The number of imidazole rings is 1. The van der Waals surface area contributed by atoms with E-state index in [0.717, 1.165) is 48.8 Å². The Hall–Kier alpha value is -2.65. The van der Waals surface area contributed by atoms with Gasteiger partial charge in [-0.1, -0.05) is 6.07 Å². The highest BCUT2D eigenvalue weighted by Gasteiger charge is 2.32. The molecule has 3 aliphatic heterocycles. The second-order valence-corrected chi connectivity index (χ2v) is 9.86. The van der Waals surface area contributed by atoms with Crippen molar-refractivity contribution in [1.82, 2.24) is 24.3 Å². The molecule has 1 atom stereocenters. The van der Waals surface area contributed by atoms with Crippen molar-refractivity contribution >= 4 is 28.5 Å². The second-order valence-electron chi connectivity index (χ2n) is 9.86. The van der Waals surface area contributed by atoms with Gasteiger partial charge in [0.25, 0.3) is 0 Å². The zero-order valence-electron chi connectivity index (χ0n) is 19.6. The molecule has 1 N–H and O–H groups in total. The van der Waals surface area contributed by atoms with Crippen LogP contribution in [0.15, 0.2) is 23.0 Å². The third kappa shape index (κ3) is 4.19. The molecule has 9 nitrogen and oxygen atoms in total. The second kappa shape index (κ2) is 8.95. The van der Waals surface area contributed by atoms with Gasteiger partial charge in [0, 0.05) is 46.2 Å². The van der Waals surface area contributed by atoms with Crippen LogP contribution in [0.25, 0.3) is 11.0 Å². The van der Waals surface area contributed by atoms with Gasteiger partial charge in [-0.15, -0.1) is 0 Å². The van der Waals surface area contributed by atoms with Gasteiger partial charge in [0.1, 0.15) is 6.04 Å². The molecule has 1 aromatic heterocycles. The van der Waals surface area contributed by atoms with Crippen molar-refractivity contribution < 1.29 is 9.59 Å². The maximum Gasteiger partial charge on any atom is 0.329 e. The normalized spacial score (nSPS) is 23.9. The highest BCUT2D eigenvalue weighted by molar-refractivity contribution is 6.00. The summed E-state index contributed by atoms with van der Waals surface area (Å²) in [6.07, 6.45) is 3.17. The van der Waals surface area contributed by atoms with E-state index in [1.54, 1.807) is 16.2 Å². The fourth-order valence-corrected chi connectivity index (χ4v) is 5.68. The van der Waals surface area contributed by atoms with Crippen LogP contribution < -0.4 is 15.9 Å². The van der Waals surface area contributed by atoms with Gasteiger partial charge in [-0.2, -0.15) is 0 Å². The highest BCUT2D eigenvalue weighted by atomic mass is 16.2. The topological polar surface area (TPSA) is 82.8 Å². The smallest absolute Gasteiger partial charge is 0.329 e. The summed E-state index contributed by atoms with van der Waals surface area (Å²) in [5, 5.41) is 2.38. The van der Waals surface area contributed by atoms with Gasteiger partial charge < -0.3 is 9.80 Å². The Labute approximate surface area is 193 Å². The Kier molecular flexibility index (Phi) is 6.01. The molecule has 178 valence electrons. The molecule has 3 aliphatic rings. The minimum atomic E-state index is -0.652. The summed E-state index contributed by atoms with van der Waals surface area (Å²) < 4.78 is 3.22. The lowest BCUT2D eigenvalue weighted by Crippen LogP contribution is -2.48.